The molecular weight excluding hydrogens is 294 g/mol. The topological polar surface area (TPSA) is 75.1 Å². The van der Waals surface area contributed by atoms with Gasteiger partial charge >= 0.3 is 12.1 Å². The molecule has 0 unspecified atom stereocenters. The van der Waals surface area contributed by atoms with Crippen LogP contribution in [0, 0.1) is 5.82 Å². The second-order valence-electron chi connectivity index (χ2n) is 3.91. The fraction of sp³-hybridized carbons (Fsp3) is 0.0833. The Morgan fingerprint density at radius 1 is 1.19 bits per heavy atom. The lowest BCUT2D eigenvalue weighted by Gasteiger charge is -2.11. The van der Waals surface area contributed by atoms with Crippen molar-refractivity contribution in [1.29, 1.82) is 0 Å². The largest absolute Gasteiger partial charge is 0.476 e. The summed E-state index contributed by atoms with van der Waals surface area (Å²) in [6.07, 6.45) is -2.83. The molecule has 21 heavy (non-hydrogen) atoms. The number of carboxylic acids is 1. The number of aromatic carboxylic acids is 1. The summed E-state index contributed by atoms with van der Waals surface area (Å²) in [5.74, 6) is -2.64. The van der Waals surface area contributed by atoms with Crippen molar-refractivity contribution < 1.29 is 27.5 Å². The first-order valence-electron chi connectivity index (χ1n) is 5.46. The molecule has 2 aromatic rings. The van der Waals surface area contributed by atoms with E-state index in [0.29, 0.717) is 12.1 Å². The molecule has 0 bridgehead atoms. The molecule has 9 heteroatoms. The average Bonchev–Trinajstić information content (AvgIpc) is 2.40. The lowest BCUT2D eigenvalue weighted by atomic mass is 10.2. The van der Waals surface area contributed by atoms with Crippen molar-refractivity contribution in [3.63, 3.8) is 0 Å². The molecule has 1 aromatic carbocycles. The molecule has 1 aromatic heterocycles. The predicted molar refractivity (Wildman–Crippen MR) is 63.7 cm³/mol. The zero-order valence-electron chi connectivity index (χ0n) is 10.1. The quantitative estimate of drug-likeness (QED) is 0.852. The number of anilines is 2. The van der Waals surface area contributed by atoms with E-state index in [2.05, 4.69) is 15.3 Å². The van der Waals surface area contributed by atoms with Gasteiger partial charge in [-0.15, -0.1) is 0 Å². The summed E-state index contributed by atoms with van der Waals surface area (Å²) in [6.45, 7) is 0. The van der Waals surface area contributed by atoms with E-state index in [1.165, 1.54) is 0 Å². The highest BCUT2D eigenvalue weighted by Gasteiger charge is 2.34. The van der Waals surface area contributed by atoms with Gasteiger partial charge in [-0.25, -0.2) is 19.2 Å². The van der Waals surface area contributed by atoms with Gasteiger partial charge in [0.2, 0.25) is 0 Å². The number of nitrogens with one attached hydrogen (secondary N) is 1. The summed E-state index contributed by atoms with van der Waals surface area (Å²) in [4.78, 5) is 17.8. The molecule has 0 amide bonds. The number of rotatable bonds is 3. The summed E-state index contributed by atoms with van der Waals surface area (Å²) in [5, 5.41) is 11.1. The normalized spacial score (nSPS) is 11.2. The SMILES string of the molecule is O=C(O)c1cnc(Nc2ccc(F)c(C(F)(F)F)c2)cn1. The van der Waals surface area contributed by atoms with Gasteiger partial charge in [0.1, 0.15) is 11.6 Å². The molecule has 2 rings (SSSR count). The van der Waals surface area contributed by atoms with E-state index in [4.69, 9.17) is 5.11 Å². The standard InChI is InChI=1S/C12H7F4N3O2/c13-8-2-1-6(3-7(8)12(14,15)16)19-10-5-17-9(4-18-10)11(20)21/h1-5H,(H,18,19)(H,20,21). The van der Waals surface area contributed by atoms with Crippen molar-refractivity contribution in [2.24, 2.45) is 0 Å². The van der Waals surface area contributed by atoms with E-state index in [1.807, 2.05) is 0 Å². The van der Waals surface area contributed by atoms with Gasteiger partial charge in [-0.1, -0.05) is 0 Å². The van der Waals surface area contributed by atoms with E-state index in [0.717, 1.165) is 18.5 Å². The van der Waals surface area contributed by atoms with Gasteiger partial charge in [0.25, 0.3) is 0 Å². The Morgan fingerprint density at radius 3 is 2.43 bits per heavy atom. The van der Waals surface area contributed by atoms with Gasteiger partial charge in [0, 0.05) is 5.69 Å². The Hall–Kier alpha value is -2.71. The minimum Gasteiger partial charge on any atom is -0.476 e. The summed E-state index contributed by atoms with van der Waals surface area (Å²) in [5.41, 5.74) is -1.78. The van der Waals surface area contributed by atoms with Crippen LogP contribution in [0.1, 0.15) is 16.1 Å². The number of carbonyl (C=O) groups is 1. The maximum atomic E-state index is 13.1. The lowest BCUT2D eigenvalue weighted by Crippen LogP contribution is -2.09. The van der Waals surface area contributed by atoms with Gasteiger partial charge < -0.3 is 10.4 Å². The highest BCUT2D eigenvalue weighted by Crippen LogP contribution is 2.33. The van der Waals surface area contributed by atoms with Crippen molar-refractivity contribution >= 4 is 17.5 Å². The zero-order chi connectivity index (χ0) is 15.6. The van der Waals surface area contributed by atoms with Crippen LogP contribution >= 0.6 is 0 Å². The third kappa shape index (κ3) is 3.44. The van der Waals surface area contributed by atoms with Crippen LogP contribution in [0.3, 0.4) is 0 Å². The maximum Gasteiger partial charge on any atom is 0.419 e. The summed E-state index contributed by atoms with van der Waals surface area (Å²) in [7, 11) is 0. The molecule has 1 heterocycles. The van der Waals surface area contributed by atoms with Crippen LogP contribution in [0.2, 0.25) is 0 Å². The molecule has 0 aliphatic heterocycles. The Balaban J connectivity index is 2.26. The van der Waals surface area contributed by atoms with Gasteiger partial charge in [0.05, 0.1) is 18.0 Å². The maximum absolute atomic E-state index is 13.1. The average molecular weight is 301 g/mol. The Bertz CT molecular complexity index is 671. The molecule has 0 aliphatic carbocycles. The minimum atomic E-state index is -4.82. The number of nitrogens with zero attached hydrogens (tertiary/aromatic N) is 2. The minimum absolute atomic E-state index is 0.0275. The van der Waals surface area contributed by atoms with Gasteiger partial charge in [-0.3, -0.25) is 0 Å². The van der Waals surface area contributed by atoms with E-state index in [9.17, 15) is 22.4 Å². The molecule has 0 spiro atoms. The van der Waals surface area contributed by atoms with Crippen molar-refractivity contribution in [2.45, 2.75) is 6.18 Å². The van der Waals surface area contributed by atoms with Crippen LogP contribution in [0.25, 0.3) is 0 Å². The fourth-order valence-corrected chi connectivity index (χ4v) is 1.47. The van der Waals surface area contributed by atoms with Crippen LogP contribution in [-0.4, -0.2) is 21.0 Å². The van der Waals surface area contributed by atoms with Crippen LogP contribution in [0.15, 0.2) is 30.6 Å². The zero-order valence-corrected chi connectivity index (χ0v) is 10.1. The number of hydrogen-bond donors (Lipinski definition) is 2. The van der Waals surface area contributed by atoms with Crippen LogP contribution < -0.4 is 5.32 Å². The van der Waals surface area contributed by atoms with E-state index >= 15 is 0 Å². The number of hydrogen-bond acceptors (Lipinski definition) is 4. The summed E-state index contributed by atoms with van der Waals surface area (Å²) < 4.78 is 50.7. The molecule has 0 fully saturated rings. The molecule has 0 aliphatic rings. The first kappa shape index (κ1) is 14.7. The second-order valence-corrected chi connectivity index (χ2v) is 3.91. The smallest absolute Gasteiger partial charge is 0.419 e. The second kappa shape index (κ2) is 5.35. The Morgan fingerprint density at radius 2 is 1.90 bits per heavy atom. The van der Waals surface area contributed by atoms with Crippen molar-refractivity contribution in [1.82, 2.24) is 9.97 Å². The summed E-state index contributed by atoms with van der Waals surface area (Å²) >= 11 is 0. The molecule has 5 nitrogen and oxygen atoms in total. The summed E-state index contributed by atoms with van der Waals surface area (Å²) in [6, 6.07) is 2.35. The Kier molecular flexibility index (Phi) is 3.74. The van der Waals surface area contributed by atoms with Gasteiger partial charge in [-0.2, -0.15) is 13.2 Å². The molecule has 0 saturated heterocycles. The van der Waals surface area contributed by atoms with Gasteiger partial charge in [-0.05, 0) is 18.2 Å². The van der Waals surface area contributed by atoms with Crippen LogP contribution in [0.5, 0.6) is 0 Å². The van der Waals surface area contributed by atoms with Crippen molar-refractivity contribution in [3.8, 4) is 0 Å². The van der Waals surface area contributed by atoms with E-state index < -0.39 is 23.5 Å². The number of carboxylic acid groups (broad SMARTS) is 1. The van der Waals surface area contributed by atoms with Crippen LogP contribution in [0.4, 0.5) is 29.1 Å². The molecule has 110 valence electrons. The van der Waals surface area contributed by atoms with E-state index in [-0.39, 0.29) is 17.2 Å². The lowest BCUT2D eigenvalue weighted by molar-refractivity contribution is -0.139. The fourth-order valence-electron chi connectivity index (χ4n) is 1.47. The number of halogens is 4. The molecule has 0 saturated carbocycles. The van der Waals surface area contributed by atoms with Gasteiger partial charge in [0.15, 0.2) is 5.69 Å². The predicted octanol–water partition coefficient (Wildman–Crippen LogP) is 3.08. The van der Waals surface area contributed by atoms with Crippen molar-refractivity contribution in [3.05, 3.63) is 47.7 Å². The first-order chi connectivity index (χ1) is 9.77. The Labute approximate surface area is 115 Å². The highest BCUT2D eigenvalue weighted by atomic mass is 19.4. The van der Waals surface area contributed by atoms with Crippen LogP contribution in [-0.2, 0) is 6.18 Å². The third-order valence-corrected chi connectivity index (χ3v) is 2.42. The monoisotopic (exact) mass is 301 g/mol. The number of aromatic nitrogens is 2. The molecule has 0 radical (unpaired) electrons. The van der Waals surface area contributed by atoms with Crippen molar-refractivity contribution in [2.75, 3.05) is 5.32 Å². The molecule has 0 atom stereocenters. The third-order valence-electron chi connectivity index (χ3n) is 2.42. The number of benzene rings is 1. The highest BCUT2D eigenvalue weighted by molar-refractivity contribution is 5.85. The molecular formula is C12H7F4N3O2. The molecule has 2 N–H and O–H groups in total. The number of alkyl halides is 3. The van der Waals surface area contributed by atoms with E-state index in [1.54, 1.807) is 0 Å². The first-order valence-corrected chi connectivity index (χ1v) is 5.46.